The van der Waals surface area contributed by atoms with Gasteiger partial charge in [0.15, 0.2) is 0 Å². The van der Waals surface area contributed by atoms with Crippen LogP contribution in [0.4, 0.5) is 0 Å². The minimum Gasteiger partial charge on any atom is -0.469 e. The van der Waals surface area contributed by atoms with E-state index in [1.54, 1.807) is 0 Å². The van der Waals surface area contributed by atoms with Crippen LogP contribution in [0.2, 0.25) is 0 Å². The molecule has 0 N–H and O–H groups in total. The first-order chi connectivity index (χ1) is 6.10. The zero-order valence-electron chi connectivity index (χ0n) is 8.18. The first-order valence-electron chi connectivity index (χ1n) is 4.22. The maximum Gasteiger partial charge on any atom is 0.306 e. The summed E-state index contributed by atoms with van der Waals surface area (Å²) in [5.74, 6) is -0.196. The van der Waals surface area contributed by atoms with Gasteiger partial charge < -0.3 is 4.74 Å². The molecule has 0 atom stereocenters. The molecule has 0 aliphatic rings. The molecule has 4 heteroatoms. The van der Waals surface area contributed by atoms with E-state index in [9.17, 15) is 4.79 Å². The number of ether oxygens (including phenoxy) is 1. The summed E-state index contributed by atoms with van der Waals surface area (Å²) in [6.45, 7) is 7.74. The molecule has 13 heavy (non-hydrogen) atoms. The van der Waals surface area contributed by atoms with E-state index >= 15 is 0 Å². The lowest BCUT2D eigenvalue weighted by molar-refractivity contribution is -0.140. The Kier molecular flexibility index (Phi) is 6.63. The normalized spacial score (nSPS) is 10.2. The van der Waals surface area contributed by atoms with E-state index in [0.717, 1.165) is 6.54 Å². The zero-order chi connectivity index (χ0) is 10.3. The van der Waals surface area contributed by atoms with Crippen LogP contribution in [0.1, 0.15) is 13.3 Å². The summed E-state index contributed by atoms with van der Waals surface area (Å²) in [6.07, 6.45) is 0.397. The largest absolute Gasteiger partial charge is 0.469 e. The van der Waals surface area contributed by atoms with Gasteiger partial charge in [0.25, 0.3) is 0 Å². The number of hydrogen-bond donors (Lipinski definition) is 0. The van der Waals surface area contributed by atoms with Gasteiger partial charge in [-0.2, -0.15) is 0 Å². The lowest BCUT2D eigenvalue weighted by Crippen LogP contribution is -2.27. The van der Waals surface area contributed by atoms with Crippen LogP contribution in [0.15, 0.2) is 11.6 Å². The Morgan fingerprint density at radius 2 is 2.23 bits per heavy atom. The highest BCUT2D eigenvalue weighted by Gasteiger charge is 2.06. The summed E-state index contributed by atoms with van der Waals surface area (Å²) < 4.78 is 4.53. The number of likely N-dealkylation sites (N-methyl/N-ethyl adjacent to an activating group) is 1. The van der Waals surface area contributed by atoms with E-state index in [1.165, 1.54) is 7.11 Å². The SMILES string of the molecule is C=C(Cl)CN(CC)CCC(=O)OC. The number of carbonyl (C=O) groups is 1. The number of hydrogen-bond acceptors (Lipinski definition) is 3. The van der Waals surface area contributed by atoms with Crippen molar-refractivity contribution in [3.63, 3.8) is 0 Å². The van der Waals surface area contributed by atoms with Gasteiger partial charge in [0.2, 0.25) is 0 Å². The van der Waals surface area contributed by atoms with Crippen molar-refractivity contribution >= 4 is 17.6 Å². The fraction of sp³-hybridized carbons (Fsp3) is 0.667. The first-order valence-corrected chi connectivity index (χ1v) is 4.60. The molecule has 0 amide bonds. The molecule has 0 rings (SSSR count). The molecule has 0 saturated carbocycles. The van der Waals surface area contributed by atoms with E-state index in [1.807, 2.05) is 11.8 Å². The van der Waals surface area contributed by atoms with Crippen molar-refractivity contribution in [1.82, 2.24) is 4.90 Å². The minimum absolute atomic E-state index is 0.196. The summed E-state index contributed by atoms with van der Waals surface area (Å²) in [6, 6.07) is 0. The molecular formula is C9H16ClNO2. The predicted octanol–water partition coefficient (Wildman–Crippen LogP) is 1.62. The molecule has 0 aliphatic heterocycles. The van der Waals surface area contributed by atoms with E-state index in [-0.39, 0.29) is 5.97 Å². The Balaban J connectivity index is 3.71. The second kappa shape index (κ2) is 6.92. The van der Waals surface area contributed by atoms with Crippen molar-refractivity contribution in [1.29, 1.82) is 0 Å². The third kappa shape index (κ3) is 6.61. The Morgan fingerprint density at radius 3 is 2.62 bits per heavy atom. The van der Waals surface area contributed by atoms with Crippen LogP contribution in [-0.2, 0) is 9.53 Å². The molecule has 0 bridgehead atoms. The average molecular weight is 206 g/mol. The van der Waals surface area contributed by atoms with Gasteiger partial charge in [0.1, 0.15) is 0 Å². The van der Waals surface area contributed by atoms with Gasteiger partial charge in [0.05, 0.1) is 13.5 Å². The third-order valence-corrected chi connectivity index (χ3v) is 1.82. The highest BCUT2D eigenvalue weighted by Crippen LogP contribution is 2.02. The van der Waals surface area contributed by atoms with Crippen molar-refractivity contribution in [2.45, 2.75) is 13.3 Å². The van der Waals surface area contributed by atoms with Crippen LogP contribution < -0.4 is 0 Å². The van der Waals surface area contributed by atoms with Gasteiger partial charge in [-0.05, 0) is 6.54 Å². The van der Waals surface area contributed by atoms with Crippen molar-refractivity contribution in [2.24, 2.45) is 0 Å². The molecule has 0 aromatic carbocycles. The van der Waals surface area contributed by atoms with E-state index in [0.29, 0.717) is 24.5 Å². The van der Waals surface area contributed by atoms with Gasteiger partial charge in [-0.15, -0.1) is 0 Å². The maximum absolute atomic E-state index is 10.8. The second-order valence-corrected chi connectivity index (χ2v) is 3.25. The molecule has 0 saturated heterocycles. The number of methoxy groups -OCH3 is 1. The van der Waals surface area contributed by atoms with Crippen LogP contribution >= 0.6 is 11.6 Å². The van der Waals surface area contributed by atoms with E-state index in [2.05, 4.69) is 11.3 Å². The van der Waals surface area contributed by atoms with Crippen molar-refractivity contribution in [3.05, 3.63) is 11.6 Å². The molecule has 3 nitrogen and oxygen atoms in total. The van der Waals surface area contributed by atoms with Crippen molar-refractivity contribution in [3.8, 4) is 0 Å². The molecule has 0 spiro atoms. The fourth-order valence-corrected chi connectivity index (χ4v) is 1.11. The quantitative estimate of drug-likeness (QED) is 0.618. The topological polar surface area (TPSA) is 29.5 Å². The molecular weight excluding hydrogens is 190 g/mol. The highest BCUT2D eigenvalue weighted by molar-refractivity contribution is 6.29. The van der Waals surface area contributed by atoms with Gasteiger partial charge in [-0.1, -0.05) is 25.1 Å². The third-order valence-electron chi connectivity index (χ3n) is 1.70. The molecule has 76 valence electrons. The number of esters is 1. The number of rotatable bonds is 6. The summed E-state index contributed by atoms with van der Waals surface area (Å²) in [4.78, 5) is 12.8. The van der Waals surface area contributed by atoms with E-state index in [4.69, 9.17) is 11.6 Å². The lowest BCUT2D eigenvalue weighted by Gasteiger charge is -2.18. The van der Waals surface area contributed by atoms with Gasteiger partial charge in [-0.3, -0.25) is 9.69 Å². The Hall–Kier alpha value is -0.540. The number of carbonyl (C=O) groups excluding carboxylic acids is 1. The highest BCUT2D eigenvalue weighted by atomic mass is 35.5. The van der Waals surface area contributed by atoms with Crippen LogP contribution in [0, 0.1) is 0 Å². The van der Waals surface area contributed by atoms with Crippen LogP contribution in [0.3, 0.4) is 0 Å². The summed E-state index contributed by atoms with van der Waals surface area (Å²) in [7, 11) is 1.39. The Bertz CT molecular complexity index is 182. The van der Waals surface area contributed by atoms with Crippen LogP contribution in [0.25, 0.3) is 0 Å². The fourth-order valence-electron chi connectivity index (χ4n) is 0.943. The molecule has 0 fully saturated rings. The maximum atomic E-state index is 10.8. The lowest BCUT2D eigenvalue weighted by atomic mass is 10.3. The average Bonchev–Trinajstić information content (AvgIpc) is 2.10. The smallest absolute Gasteiger partial charge is 0.306 e. The Labute approximate surface area is 84.3 Å². The van der Waals surface area contributed by atoms with Crippen LogP contribution in [-0.4, -0.2) is 37.6 Å². The molecule has 0 aromatic heterocycles. The molecule has 0 aliphatic carbocycles. The zero-order valence-corrected chi connectivity index (χ0v) is 8.93. The minimum atomic E-state index is -0.196. The number of nitrogens with zero attached hydrogens (tertiary/aromatic N) is 1. The van der Waals surface area contributed by atoms with Crippen molar-refractivity contribution < 1.29 is 9.53 Å². The number of halogens is 1. The molecule has 0 unspecified atom stereocenters. The summed E-state index contributed by atoms with van der Waals surface area (Å²) in [5.41, 5.74) is 0. The molecule has 0 radical (unpaired) electrons. The van der Waals surface area contributed by atoms with E-state index < -0.39 is 0 Å². The molecule has 0 aromatic rings. The summed E-state index contributed by atoms with van der Waals surface area (Å²) >= 11 is 5.65. The molecule has 0 heterocycles. The van der Waals surface area contributed by atoms with Gasteiger partial charge >= 0.3 is 5.97 Å². The van der Waals surface area contributed by atoms with Gasteiger partial charge in [0, 0.05) is 18.1 Å². The van der Waals surface area contributed by atoms with Gasteiger partial charge in [-0.25, -0.2) is 0 Å². The summed E-state index contributed by atoms with van der Waals surface area (Å²) in [5, 5.41) is 0.590. The van der Waals surface area contributed by atoms with Crippen LogP contribution in [0.5, 0.6) is 0 Å². The first kappa shape index (κ1) is 12.5. The monoisotopic (exact) mass is 205 g/mol. The Morgan fingerprint density at radius 1 is 1.62 bits per heavy atom. The standard InChI is InChI=1S/C9H16ClNO2/c1-4-11(7-8(2)10)6-5-9(12)13-3/h2,4-7H2,1,3H3. The second-order valence-electron chi connectivity index (χ2n) is 2.71. The predicted molar refractivity (Wildman–Crippen MR) is 53.7 cm³/mol. The van der Waals surface area contributed by atoms with Crippen molar-refractivity contribution in [2.75, 3.05) is 26.7 Å².